The fraction of sp³-hybridized carbons (Fsp3) is 0.125. The second kappa shape index (κ2) is 11.0. The number of nitrogens with one attached hydrogen (secondary N) is 2. The van der Waals surface area contributed by atoms with Gasteiger partial charge in [-0.2, -0.15) is 5.10 Å². The molecule has 0 atom stereocenters. The van der Waals surface area contributed by atoms with Crippen LogP contribution in [0.25, 0.3) is 0 Å². The van der Waals surface area contributed by atoms with Crippen LogP contribution >= 0.6 is 11.6 Å². The summed E-state index contributed by atoms with van der Waals surface area (Å²) < 4.78 is 15.9. The maximum Gasteiger partial charge on any atom is 0.271 e. The Morgan fingerprint density at radius 2 is 1.52 bits per heavy atom. The highest BCUT2D eigenvalue weighted by molar-refractivity contribution is 6.34. The lowest BCUT2D eigenvalue weighted by atomic mass is 10.1. The lowest BCUT2D eigenvalue weighted by Gasteiger charge is -2.12. The van der Waals surface area contributed by atoms with Crippen LogP contribution in [0.1, 0.15) is 26.3 Å². The first kappa shape index (κ1) is 23.6. The van der Waals surface area contributed by atoms with E-state index in [1.165, 1.54) is 27.5 Å². The largest absolute Gasteiger partial charge is 0.493 e. The van der Waals surface area contributed by atoms with Crippen LogP contribution in [0.5, 0.6) is 17.2 Å². The predicted octanol–water partition coefficient (Wildman–Crippen LogP) is 4.38. The number of hydrazone groups is 1. The van der Waals surface area contributed by atoms with E-state index in [0.29, 0.717) is 44.6 Å². The quantitative estimate of drug-likeness (QED) is 0.378. The molecule has 170 valence electrons. The fourth-order valence-corrected chi connectivity index (χ4v) is 3.18. The molecule has 0 bridgehead atoms. The van der Waals surface area contributed by atoms with Gasteiger partial charge in [-0.1, -0.05) is 23.7 Å². The Hall–Kier alpha value is -4.04. The number of nitrogens with zero attached hydrogens (tertiary/aromatic N) is 1. The molecule has 0 aromatic heterocycles. The summed E-state index contributed by atoms with van der Waals surface area (Å²) in [6, 6.07) is 16.5. The zero-order valence-corrected chi connectivity index (χ0v) is 19.0. The smallest absolute Gasteiger partial charge is 0.271 e. The van der Waals surface area contributed by atoms with Crippen molar-refractivity contribution in [3.8, 4) is 17.2 Å². The molecule has 0 heterocycles. The number of benzene rings is 3. The van der Waals surface area contributed by atoms with Crippen molar-refractivity contribution in [2.75, 3.05) is 26.6 Å². The summed E-state index contributed by atoms with van der Waals surface area (Å²) in [5.41, 5.74) is 4.36. The first-order chi connectivity index (χ1) is 16.0. The summed E-state index contributed by atoms with van der Waals surface area (Å²) >= 11 is 6.05. The molecule has 0 aliphatic carbocycles. The second-order valence-electron chi connectivity index (χ2n) is 6.67. The van der Waals surface area contributed by atoms with Gasteiger partial charge in [0, 0.05) is 16.8 Å². The first-order valence-electron chi connectivity index (χ1n) is 9.76. The standard InChI is InChI=1S/C24H22ClN3O5/c1-31-20-12-15(13-21(32-2)22(20)33-3)14-26-28-23(29)16-8-10-17(11-9-16)27-24(30)18-6-4-5-7-19(18)25/h4-14H,1-3H3,(H,27,30)(H,28,29)/b26-14+. The van der Waals surface area contributed by atoms with Crippen molar-refractivity contribution >= 4 is 35.3 Å². The van der Waals surface area contributed by atoms with Crippen molar-refractivity contribution < 1.29 is 23.8 Å². The van der Waals surface area contributed by atoms with Crippen LogP contribution in [0.15, 0.2) is 65.8 Å². The van der Waals surface area contributed by atoms with E-state index < -0.39 is 5.91 Å². The van der Waals surface area contributed by atoms with Crippen molar-refractivity contribution in [3.63, 3.8) is 0 Å². The van der Waals surface area contributed by atoms with Crippen LogP contribution in [-0.2, 0) is 0 Å². The van der Waals surface area contributed by atoms with Crippen molar-refractivity contribution in [2.24, 2.45) is 5.10 Å². The van der Waals surface area contributed by atoms with E-state index in [0.717, 1.165) is 0 Å². The van der Waals surface area contributed by atoms with Gasteiger partial charge in [0.15, 0.2) is 11.5 Å². The van der Waals surface area contributed by atoms with E-state index in [9.17, 15) is 9.59 Å². The van der Waals surface area contributed by atoms with Crippen molar-refractivity contribution in [1.82, 2.24) is 5.43 Å². The highest BCUT2D eigenvalue weighted by Gasteiger charge is 2.13. The molecule has 33 heavy (non-hydrogen) atoms. The molecule has 0 spiro atoms. The van der Waals surface area contributed by atoms with Gasteiger partial charge in [-0.25, -0.2) is 5.43 Å². The normalized spacial score (nSPS) is 10.5. The zero-order valence-electron chi connectivity index (χ0n) is 18.2. The molecule has 0 radical (unpaired) electrons. The summed E-state index contributed by atoms with van der Waals surface area (Å²) in [7, 11) is 4.54. The Morgan fingerprint density at radius 1 is 0.879 bits per heavy atom. The SMILES string of the molecule is COc1cc(/C=N/NC(=O)c2ccc(NC(=O)c3ccccc3Cl)cc2)cc(OC)c1OC. The van der Waals surface area contributed by atoms with Crippen LogP contribution in [0.2, 0.25) is 5.02 Å². The third kappa shape index (κ3) is 5.81. The summed E-state index contributed by atoms with van der Waals surface area (Å²) in [6.07, 6.45) is 1.46. The van der Waals surface area contributed by atoms with Gasteiger partial charge in [0.1, 0.15) is 0 Å². The molecule has 3 rings (SSSR count). The van der Waals surface area contributed by atoms with Crippen LogP contribution in [0.3, 0.4) is 0 Å². The molecule has 2 amide bonds. The Morgan fingerprint density at radius 3 is 2.09 bits per heavy atom. The molecule has 0 fully saturated rings. The number of hydrogen-bond donors (Lipinski definition) is 2. The monoisotopic (exact) mass is 467 g/mol. The molecule has 3 aromatic carbocycles. The number of amides is 2. The number of methoxy groups -OCH3 is 3. The molecule has 9 heteroatoms. The van der Waals surface area contributed by atoms with Crippen LogP contribution in [0, 0.1) is 0 Å². The topological polar surface area (TPSA) is 98.2 Å². The van der Waals surface area contributed by atoms with Gasteiger partial charge in [0.05, 0.1) is 38.1 Å². The number of halogens is 1. The highest BCUT2D eigenvalue weighted by Crippen LogP contribution is 2.37. The number of rotatable bonds is 8. The molecular formula is C24H22ClN3O5. The summed E-state index contributed by atoms with van der Waals surface area (Å²) in [5.74, 6) is 0.649. The number of ether oxygens (including phenoxy) is 3. The zero-order chi connectivity index (χ0) is 23.8. The van der Waals surface area contributed by atoms with Crippen LogP contribution in [-0.4, -0.2) is 39.4 Å². The van der Waals surface area contributed by atoms with E-state index in [4.69, 9.17) is 25.8 Å². The molecule has 0 unspecified atom stereocenters. The second-order valence-corrected chi connectivity index (χ2v) is 7.08. The van der Waals surface area contributed by atoms with Crippen molar-refractivity contribution in [1.29, 1.82) is 0 Å². The summed E-state index contributed by atoms with van der Waals surface area (Å²) in [6.45, 7) is 0. The van der Waals surface area contributed by atoms with Gasteiger partial charge in [-0.05, 0) is 48.5 Å². The minimum Gasteiger partial charge on any atom is -0.493 e. The van der Waals surface area contributed by atoms with Gasteiger partial charge in [0.2, 0.25) is 5.75 Å². The molecule has 3 aromatic rings. The van der Waals surface area contributed by atoms with Crippen molar-refractivity contribution in [2.45, 2.75) is 0 Å². The molecule has 0 aliphatic rings. The highest BCUT2D eigenvalue weighted by atomic mass is 35.5. The Bertz CT molecular complexity index is 1150. The average Bonchev–Trinajstić information content (AvgIpc) is 2.83. The van der Waals surface area contributed by atoms with E-state index in [1.54, 1.807) is 60.7 Å². The lowest BCUT2D eigenvalue weighted by Crippen LogP contribution is -2.18. The lowest BCUT2D eigenvalue weighted by molar-refractivity contribution is 0.0954. The number of carbonyl (C=O) groups excluding carboxylic acids is 2. The van der Waals surface area contributed by atoms with Gasteiger partial charge < -0.3 is 19.5 Å². The number of carbonyl (C=O) groups is 2. The Balaban J connectivity index is 1.64. The van der Waals surface area contributed by atoms with Crippen molar-refractivity contribution in [3.05, 3.63) is 82.4 Å². The van der Waals surface area contributed by atoms with Gasteiger partial charge >= 0.3 is 0 Å². The van der Waals surface area contributed by atoms with Gasteiger partial charge in [0.25, 0.3) is 11.8 Å². The molecule has 0 saturated heterocycles. The van der Waals surface area contributed by atoms with E-state index in [2.05, 4.69) is 15.8 Å². The van der Waals surface area contributed by atoms with Crippen LogP contribution in [0.4, 0.5) is 5.69 Å². The molecule has 8 nitrogen and oxygen atoms in total. The molecular weight excluding hydrogens is 446 g/mol. The Labute approximate surface area is 196 Å². The van der Waals surface area contributed by atoms with E-state index >= 15 is 0 Å². The van der Waals surface area contributed by atoms with E-state index in [1.807, 2.05) is 0 Å². The minimum atomic E-state index is -0.414. The van der Waals surface area contributed by atoms with Gasteiger partial charge in [-0.3, -0.25) is 9.59 Å². The number of anilines is 1. The first-order valence-corrected chi connectivity index (χ1v) is 10.1. The predicted molar refractivity (Wildman–Crippen MR) is 127 cm³/mol. The third-order valence-corrected chi connectivity index (χ3v) is 4.92. The third-order valence-electron chi connectivity index (χ3n) is 4.59. The Kier molecular flexibility index (Phi) is 7.88. The van der Waals surface area contributed by atoms with E-state index in [-0.39, 0.29) is 5.91 Å². The van der Waals surface area contributed by atoms with Crippen LogP contribution < -0.4 is 25.0 Å². The van der Waals surface area contributed by atoms with Gasteiger partial charge in [-0.15, -0.1) is 0 Å². The fourth-order valence-electron chi connectivity index (χ4n) is 2.95. The maximum absolute atomic E-state index is 12.4. The molecule has 0 aliphatic heterocycles. The number of hydrogen-bond acceptors (Lipinski definition) is 6. The summed E-state index contributed by atoms with van der Waals surface area (Å²) in [4.78, 5) is 24.7. The summed E-state index contributed by atoms with van der Waals surface area (Å²) in [5, 5.41) is 7.08. The maximum atomic E-state index is 12.4. The molecule has 0 saturated carbocycles. The average molecular weight is 468 g/mol. The molecule has 2 N–H and O–H groups in total. The minimum absolute atomic E-state index is 0.340.